The Kier molecular flexibility index (Phi) is 3.35. The zero-order valence-electron chi connectivity index (χ0n) is 9.75. The smallest absolute Gasteiger partial charge is 0.340 e. The van der Waals surface area contributed by atoms with Crippen LogP contribution in [0.1, 0.15) is 15.9 Å². The minimum Gasteiger partial charge on any atom is -0.465 e. The number of aromatic nitrogens is 1. The van der Waals surface area contributed by atoms with Crippen molar-refractivity contribution in [1.29, 1.82) is 5.26 Å². The van der Waals surface area contributed by atoms with Gasteiger partial charge in [-0.15, -0.1) is 0 Å². The molecule has 0 unspecified atom stereocenters. The molecule has 1 heterocycles. The van der Waals surface area contributed by atoms with Crippen LogP contribution in [0.3, 0.4) is 0 Å². The van der Waals surface area contributed by atoms with Crippen LogP contribution in [0.2, 0.25) is 0 Å². The number of rotatable bonds is 2. The molecular formula is C14H10N2O2. The Balaban J connectivity index is 2.50. The van der Waals surface area contributed by atoms with Gasteiger partial charge in [0.1, 0.15) is 0 Å². The van der Waals surface area contributed by atoms with Crippen molar-refractivity contribution in [3.63, 3.8) is 0 Å². The quantitative estimate of drug-likeness (QED) is 0.753. The molecule has 0 amide bonds. The monoisotopic (exact) mass is 238 g/mol. The summed E-state index contributed by atoms with van der Waals surface area (Å²) < 4.78 is 4.71. The fourth-order valence-corrected chi connectivity index (χ4v) is 1.61. The Morgan fingerprint density at radius 2 is 2.00 bits per heavy atom. The number of nitriles is 1. The van der Waals surface area contributed by atoms with E-state index in [0.29, 0.717) is 16.8 Å². The highest BCUT2D eigenvalue weighted by Gasteiger charge is 2.13. The predicted octanol–water partition coefficient (Wildman–Crippen LogP) is 2.41. The molecule has 4 nitrogen and oxygen atoms in total. The molecule has 0 aliphatic heterocycles. The van der Waals surface area contributed by atoms with Gasteiger partial charge in [-0.1, -0.05) is 12.1 Å². The maximum Gasteiger partial charge on any atom is 0.340 e. The van der Waals surface area contributed by atoms with Gasteiger partial charge in [-0.05, 0) is 24.3 Å². The highest BCUT2D eigenvalue weighted by atomic mass is 16.5. The van der Waals surface area contributed by atoms with Gasteiger partial charge in [0.2, 0.25) is 0 Å². The van der Waals surface area contributed by atoms with Gasteiger partial charge in [0.15, 0.2) is 0 Å². The van der Waals surface area contributed by atoms with Crippen molar-refractivity contribution in [1.82, 2.24) is 4.98 Å². The Bertz CT molecular complexity index is 612. The molecule has 1 aromatic carbocycles. The molecule has 0 fully saturated rings. The number of ether oxygens (including phenoxy) is 1. The van der Waals surface area contributed by atoms with Crippen molar-refractivity contribution in [3.8, 4) is 17.3 Å². The Hall–Kier alpha value is -2.67. The molecule has 88 valence electrons. The average molecular weight is 238 g/mol. The molecule has 4 heteroatoms. The first-order valence-electron chi connectivity index (χ1n) is 5.30. The average Bonchev–Trinajstić information content (AvgIpc) is 2.46. The van der Waals surface area contributed by atoms with E-state index in [0.717, 1.165) is 5.56 Å². The second kappa shape index (κ2) is 5.11. The first kappa shape index (κ1) is 11.8. The maximum atomic E-state index is 11.6. The lowest BCUT2D eigenvalue weighted by atomic mass is 10.0. The van der Waals surface area contributed by atoms with Crippen molar-refractivity contribution in [2.24, 2.45) is 0 Å². The summed E-state index contributed by atoms with van der Waals surface area (Å²) in [6.07, 6.45) is 1.61. The van der Waals surface area contributed by atoms with Gasteiger partial charge < -0.3 is 4.74 Å². The number of hydrogen-bond donors (Lipinski definition) is 0. The summed E-state index contributed by atoms with van der Waals surface area (Å²) in [6.45, 7) is 0. The third kappa shape index (κ3) is 2.20. The summed E-state index contributed by atoms with van der Waals surface area (Å²) in [5.74, 6) is -0.428. The highest BCUT2D eigenvalue weighted by molar-refractivity contribution is 5.95. The van der Waals surface area contributed by atoms with Crippen LogP contribution in [-0.4, -0.2) is 18.1 Å². The molecule has 2 aromatic rings. The number of pyridine rings is 1. The third-order valence-corrected chi connectivity index (χ3v) is 2.50. The summed E-state index contributed by atoms with van der Waals surface area (Å²) in [4.78, 5) is 15.8. The summed E-state index contributed by atoms with van der Waals surface area (Å²) in [7, 11) is 1.33. The topological polar surface area (TPSA) is 63.0 Å². The van der Waals surface area contributed by atoms with E-state index in [1.165, 1.54) is 7.11 Å². The molecule has 2 rings (SSSR count). The van der Waals surface area contributed by atoms with Crippen molar-refractivity contribution in [3.05, 3.63) is 53.7 Å². The molecule has 0 spiro atoms. The molecule has 0 saturated carbocycles. The van der Waals surface area contributed by atoms with Gasteiger partial charge in [-0.25, -0.2) is 4.79 Å². The number of carbonyl (C=O) groups is 1. The van der Waals surface area contributed by atoms with E-state index in [2.05, 4.69) is 4.98 Å². The van der Waals surface area contributed by atoms with Crippen LogP contribution in [-0.2, 0) is 4.74 Å². The molecule has 1 aromatic heterocycles. The number of nitrogens with zero attached hydrogens (tertiary/aromatic N) is 2. The van der Waals surface area contributed by atoms with E-state index in [1.807, 2.05) is 6.07 Å². The van der Waals surface area contributed by atoms with Crippen LogP contribution in [0.15, 0.2) is 42.6 Å². The van der Waals surface area contributed by atoms with Crippen LogP contribution in [0, 0.1) is 11.3 Å². The lowest BCUT2D eigenvalue weighted by molar-refractivity contribution is 0.0601. The van der Waals surface area contributed by atoms with Crippen LogP contribution < -0.4 is 0 Å². The molecule has 18 heavy (non-hydrogen) atoms. The number of benzene rings is 1. The zero-order valence-corrected chi connectivity index (χ0v) is 9.75. The highest BCUT2D eigenvalue weighted by Crippen LogP contribution is 2.22. The maximum absolute atomic E-state index is 11.6. The van der Waals surface area contributed by atoms with E-state index >= 15 is 0 Å². The first-order chi connectivity index (χ1) is 8.76. The fourth-order valence-electron chi connectivity index (χ4n) is 1.61. The third-order valence-electron chi connectivity index (χ3n) is 2.50. The van der Waals surface area contributed by atoms with Gasteiger partial charge >= 0.3 is 5.97 Å². The SMILES string of the molecule is COC(=O)c1cccnc1-c1ccc(C#N)cc1. The molecule has 0 N–H and O–H groups in total. The van der Waals surface area contributed by atoms with Crippen LogP contribution in [0.25, 0.3) is 11.3 Å². The van der Waals surface area contributed by atoms with E-state index in [9.17, 15) is 4.79 Å². The van der Waals surface area contributed by atoms with E-state index in [-0.39, 0.29) is 0 Å². The van der Waals surface area contributed by atoms with Crippen molar-refractivity contribution in [2.45, 2.75) is 0 Å². The Labute approximate surface area is 104 Å². The second-order valence-electron chi connectivity index (χ2n) is 3.58. The van der Waals surface area contributed by atoms with Crippen LogP contribution in [0.5, 0.6) is 0 Å². The first-order valence-corrected chi connectivity index (χ1v) is 5.30. The molecule has 0 saturated heterocycles. The van der Waals surface area contributed by atoms with E-state index in [1.54, 1.807) is 42.6 Å². The molecule has 0 aliphatic carbocycles. The van der Waals surface area contributed by atoms with Gasteiger partial charge in [0.05, 0.1) is 30.0 Å². The van der Waals surface area contributed by atoms with Crippen molar-refractivity contribution in [2.75, 3.05) is 7.11 Å². The summed E-state index contributed by atoms with van der Waals surface area (Å²) in [6, 6.07) is 12.3. The van der Waals surface area contributed by atoms with Gasteiger partial charge in [-0.3, -0.25) is 4.98 Å². The number of methoxy groups -OCH3 is 1. The summed E-state index contributed by atoms with van der Waals surface area (Å²) >= 11 is 0. The molecule has 0 aliphatic rings. The van der Waals surface area contributed by atoms with Gasteiger partial charge in [-0.2, -0.15) is 5.26 Å². The van der Waals surface area contributed by atoms with E-state index in [4.69, 9.17) is 10.00 Å². The van der Waals surface area contributed by atoms with Crippen LogP contribution >= 0.6 is 0 Å². The lowest BCUT2D eigenvalue weighted by Gasteiger charge is -2.06. The summed E-state index contributed by atoms with van der Waals surface area (Å²) in [5.41, 5.74) is 2.29. The second-order valence-corrected chi connectivity index (χ2v) is 3.58. The molecule has 0 bridgehead atoms. The van der Waals surface area contributed by atoms with Gasteiger partial charge in [0.25, 0.3) is 0 Å². The number of esters is 1. The Morgan fingerprint density at radius 1 is 1.28 bits per heavy atom. The lowest BCUT2D eigenvalue weighted by Crippen LogP contribution is -2.04. The predicted molar refractivity (Wildman–Crippen MR) is 65.7 cm³/mol. The minimum absolute atomic E-state index is 0.407. The molecule has 0 radical (unpaired) electrons. The van der Waals surface area contributed by atoms with E-state index < -0.39 is 5.97 Å². The molecule has 0 atom stereocenters. The normalized spacial score (nSPS) is 9.56. The number of hydrogen-bond acceptors (Lipinski definition) is 4. The Morgan fingerprint density at radius 3 is 2.61 bits per heavy atom. The molecular weight excluding hydrogens is 228 g/mol. The fraction of sp³-hybridized carbons (Fsp3) is 0.0714. The van der Waals surface area contributed by atoms with Crippen molar-refractivity contribution >= 4 is 5.97 Å². The standard InChI is InChI=1S/C14H10N2O2/c1-18-14(17)12-3-2-8-16-13(12)11-6-4-10(9-15)5-7-11/h2-8H,1H3. The van der Waals surface area contributed by atoms with Crippen molar-refractivity contribution < 1.29 is 9.53 Å². The largest absolute Gasteiger partial charge is 0.465 e. The van der Waals surface area contributed by atoms with Crippen LogP contribution in [0.4, 0.5) is 0 Å². The minimum atomic E-state index is -0.428. The summed E-state index contributed by atoms with van der Waals surface area (Å²) in [5, 5.41) is 8.74. The zero-order chi connectivity index (χ0) is 13.0. The number of carbonyl (C=O) groups excluding carboxylic acids is 1. The van der Waals surface area contributed by atoms with Gasteiger partial charge in [0, 0.05) is 11.8 Å².